The number of aromatic amines is 2. The molecular formula is C43H22N2S3. The number of benzene rings is 7. The highest BCUT2D eigenvalue weighted by molar-refractivity contribution is 7.20. The maximum atomic E-state index is 3.92. The van der Waals surface area contributed by atoms with Crippen LogP contribution in [-0.4, -0.2) is 9.97 Å². The van der Waals surface area contributed by atoms with Crippen LogP contribution in [0.25, 0.3) is 117 Å². The van der Waals surface area contributed by atoms with Crippen molar-refractivity contribution in [2.24, 2.45) is 0 Å². The van der Waals surface area contributed by atoms with Crippen molar-refractivity contribution < 1.29 is 0 Å². The molecule has 2 nitrogen and oxygen atoms in total. The molecule has 5 aromatic heterocycles. The Balaban J connectivity index is 1.52. The van der Waals surface area contributed by atoms with E-state index in [0.29, 0.717) is 0 Å². The normalized spacial score (nSPS) is 13.3. The van der Waals surface area contributed by atoms with E-state index in [1.807, 2.05) is 34.0 Å². The number of rotatable bonds is 0. The van der Waals surface area contributed by atoms with Gasteiger partial charge in [-0.1, -0.05) is 60.7 Å². The van der Waals surface area contributed by atoms with Gasteiger partial charge in [-0.2, -0.15) is 0 Å². The van der Waals surface area contributed by atoms with Crippen LogP contribution in [0.1, 0.15) is 11.1 Å². The van der Waals surface area contributed by atoms with Gasteiger partial charge in [-0.3, -0.25) is 0 Å². The Labute approximate surface area is 284 Å². The molecule has 0 radical (unpaired) electrons. The van der Waals surface area contributed by atoms with Crippen LogP contribution < -0.4 is 0 Å². The van der Waals surface area contributed by atoms with Crippen LogP contribution >= 0.6 is 34.0 Å². The Kier molecular flexibility index (Phi) is 4.38. The molecule has 0 saturated heterocycles. The van der Waals surface area contributed by atoms with Gasteiger partial charge < -0.3 is 9.97 Å². The van der Waals surface area contributed by atoms with Crippen molar-refractivity contribution in [3.8, 4) is 11.1 Å². The monoisotopic (exact) mass is 662 g/mol. The molecule has 12 aromatic rings. The molecule has 1 aliphatic rings. The summed E-state index contributed by atoms with van der Waals surface area (Å²) >= 11 is 5.70. The summed E-state index contributed by atoms with van der Waals surface area (Å²) in [5.74, 6) is 0. The number of hydrogen-bond donors (Lipinski definition) is 2. The molecular weight excluding hydrogens is 641 g/mol. The molecule has 0 atom stereocenters. The standard InChI is InChI=1S/C43H22N2S3/c1-2-8-21-20(7-1)19-27-22-13-16-46-41(22)36-33(30(21)27)37-35(32-24-10-4-6-12-29(24)44-39(32)25-14-17-47-42(25)37)38-34(36)31-23-9-3-5-11-28(23)45-40(31)26-15-18-48-43(26)38/h1-18,44-45H,19H2. The van der Waals surface area contributed by atoms with Gasteiger partial charge in [-0.25, -0.2) is 0 Å². The van der Waals surface area contributed by atoms with Crippen LogP contribution in [0.3, 0.4) is 0 Å². The third kappa shape index (κ3) is 2.73. The van der Waals surface area contributed by atoms with E-state index in [9.17, 15) is 0 Å². The first-order valence-corrected chi connectivity index (χ1v) is 19.0. The minimum absolute atomic E-state index is 0.976. The first kappa shape index (κ1) is 24.9. The molecule has 5 heteroatoms. The molecule has 2 N–H and O–H groups in total. The molecule has 0 spiro atoms. The summed E-state index contributed by atoms with van der Waals surface area (Å²) in [5, 5.41) is 24.7. The van der Waals surface area contributed by atoms with E-state index in [1.54, 1.807) is 0 Å². The van der Waals surface area contributed by atoms with Gasteiger partial charge in [0.1, 0.15) is 0 Å². The fraction of sp³-hybridized carbons (Fsp3) is 0.0233. The maximum absolute atomic E-state index is 3.92. The fourth-order valence-corrected chi connectivity index (χ4v) is 12.3. The highest BCUT2D eigenvalue weighted by Crippen LogP contribution is 2.58. The predicted octanol–water partition coefficient (Wildman–Crippen LogP) is 13.6. The Morgan fingerprint density at radius 2 is 0.917 bits per heavy atom. The lowest BCUT2D eigenvalue weighted by molar-refractivity contribution is 1.29. The Bertz CT molecular complexity index is 3330. The Hall–Kier alpha value is -5.20. The van der Waals surface area contributed by atoms with Crippen LogP contribution in [0.4, 0.5) is 0 Å². The van der Waals surface area contributed by atoms with Crippen molar-refractivity contribution >= 4 is 140 Å². The summed E-state index contributed by atoms with van der Waals surface area (Å²) in [4.78, 5) is 7.83. The summed E-state index contributed by atoms with van der Waals surface area (Å²) < 4.78 is 4.15. The van der Waals surface area contributed by atoms with Crippen molar-refractivity contribution in [1.29, 1.82) is 0 Å². The number of H-pyrrole nitrogens is 2. The van der Waals surface area contributed by atoms with Gasteiger partial charge in [0.15, 0.2) is 0 Å². The lowest BCUT2D eigenvalue weighted by Gasteiger charge is -2.19. The SMILES string of the molecule is c1ccc2c(c1)Cc1c-2c2c(c3sccc13)c1c3c4ccccc4[nH]c3c3ccsc3c1c1c3c4ccccc4[nH]c3c3ccsc3c21. The average molecular weight is 663 g/mol. The van der Waals surface area contributed by atoms with Crippen LogP contribution in [0.5, 0.6) is 0 Å². The number of fused-ring (bicyclic) bond motifs is 27. The molecule has 0 bridgehead atoms. The minimum Gasteiger partial charge on any atom is -0.354 e. The summed E-state index contributed by atoms with van der Waals surface area (Å²) in [7, 11) is 0. The van der Waals surface area contributed by atoms with E-state index >= 15 is 0 Å². The van der Waals surface area contributed by atoms with Gasteiger partial charge in [0.25, 0.3) is 0 Å². The van der Waals surface area contributed by atoms with Crippen molar-refractivity contribution in [1.82, 2.24) is 9.97 Å². The lowest BCUT2D eigenvalue weighted by atomic mass is 9.84. The highest BCUT2D eigenvalue weighted by Gasteiger charge is 2.31. The maximum Gasteiger partial charge on any atom is 0.0559 e. The second-order valence-electron chi connectivity index (χ2n) is 13.3. The first-order chi connectivity index (χ1) is 23.8. The molecule has 5 heterocycles. The van der Waals surface area contributed by atoms with Gasteiger partial charge in [0.05, 0.1) is 11.0 Å². The van der Waals surface area contributed by atoms with E-state index in [-0.39, 0.29) is 0 Å². The smallest absolute Gasteiger partial charge is 0.0559 e. The zero-order valence-corrected chi connectivity index (χ0v) is 27.8. The molecule has 48 heavy (non-hydrogen) atoms. The zero-order valence-electron chi connectivity index (χ0n) is 25.3. The third-order valence-corrected chi connectivity index (χ3v) is 14.0. The summed E-state index contributed by atoms with van der Waals surface area (Å²) in [6.45, 7) is 0. The van der Waals surface area contributed by atoms with Crippen molar-refractivity contribution in [2.75, 3.05) is 0 Å². The van der Waals surface area contributed by atoms with E-state index in [4.69, 9.17) is 0 Å². The average Bonchev–Trinajstić information content (AvgIpc) is 3.97. The van der Waals surface area contributed by atoms with Crippen LogP contribution in [0.2, 0.25) is 0 Å². The quantitative estimate of drug-likeness (QED) is 0.151. The lowest BCUT2D eigenvalue weighted by Crippen LogP contribution is -1.92. The Morgan fingerprint density at radius 1 is 0.417 bits per heavy atom. The van der Waals surface area contributed by atoms with Crippen molar-refractivity contribution in [2.45, 2.75) is 6.42 Å². The molecule has 1 aliphatic carbocycles. The third-order valence-electron chi connectivity index (χ3n) is 11.2. The van der Waals surface area contributed by atoms with Gasteiger partial charge >= 0.3 is 0 Å². The molecule has 7 aromatic carbocycles. The summed E-state index contributed by atoms with van der Waals surface area (Å²) in [6.07, 6.45) is 0.976. The topological polar surface area (TPSA) is 31.6 Å². The molecule has 222 valence electrons. The van der Waals surface area contributed by atoms with Gasteiger partial charge in [0, 0.05) is 89.8 Å². The van der Waals surface area contributed by atoms with Crippen LogP contribution in [-0.2, 0) is 6.42 Å². The fourth-order valence-electron chi connectivity index (χ4n) is 9.40. The molecule has 0 fully saturated rings. The van der Waals surface area contributed by atoms with E-state index in [2.05, 4.69) is 117 Å². The predicted molar refractivity (Wildman–Crippen MR) is 212 cm³/mol. The molecule has 0 amide bonds. The molecule has 0 aliphatic heterocycles. The number of thiophene rings is 3. The highest BCUT2D eigenvalue weighted by atomic mass is 32.1. The summed E-state index contributed by atoms with van der Waals surface area (Å²) in [6, 6.07) is 34.0. The van der Waals surface area contributed by atoms with Crippen molar-refractivity contribution in [3.63, 3.8) is 0 Å². The number of para-hydroxylation sites is 2. The van der Waals surface area contributed by atoms with Crippen LogP contribution in [0, 0.1) is 0 Å². The second kappa shape index (κ2) is 8.44. The summed E-state index contributed by atoms with van der Waals surface area (Å²) in [5.41, 5.74) is 10.6. The Morgan fingerprint density at radius 3 is 1.54 bits per heavy atom. The molecule has 0 saturated carbocycles. The number of hydrogen-bond acceptors (Lipinski definition) is 3. The largest absolute Gasteiger partial charge is 0.354 e. The van der Waals surface area contributed by atoms with E-state index in [1.165, 1.54) is 128 Å². The molecule has 0 unspecified atom stereocenters. The van der Waals surface area contributed by atoms with Gasteiger partial charge in [-0.05, 0) is 80.5 Å². The van der Waals surface area contributed by atoms with E-state index in [0.717, 1.165) is 6.42 Å². The number of aromatic nitrogens is 2. The van der Waals surface area contributed by atoms with Gasteiger partial charge in [0.2, 0.25) is 0 Å². The van der Waals surface area contributed by atoms with Crippen LogP contribution in [0.15, 0.2) is 107 Å². The van der Waals surface area contributed by atoms with Gasteiger partial charge in [-0.15, -0.1) is 34.0 Å². The first-order valence-electron chi connectivity index (χ1n) is 16.4. The second-order valence-corrected chi connectivity index (χ2v) is 16.0. The van der Waals surface area contributed by atoms with E-state index < -0.39 is 0 Å². The zero-order chi connectivity index (χ0) is 30.8. The number of nitrogens with one attached hydrogen (secondary N) is 2. The van der Waals surface area contributed by atoms with Crippen molar-refractivity contribution in [3.05, 3.63) is 118 Å². The minimum atomic E-state index is 0.976. The molecule has 13 rings (SSSR count).